The number of benzene rings is 1. The van der Waals surface area contributed by atoms with Crippen molar-refractivity contribution in [2.24, 2.45) is 0 Å². The summed E-state index contributed by atoms with van der Waals surface area (Å²) in [5.41, 5.74) is 1.88. The number of nitrogens with one attached hydrogen (secondary N) is 1. The second-order valence-electron chi connectivity index (χ2n) is 3.61. The summed E-state index contributed by atoms with van der Waals surface area (Å²) in [5, 5.41) is 4.82. The van der Waals surface area contributed by atoms with E-state index in [1.54, 1.807) is 23.7 Å². The lowest BCUT2D eigenvalue weighted by atomic mass is 10.3. The molecule has 3 rings (SSSR count). The summed E-state index contributed by atoms with van der Waals surface area (Å²) in [5.74, 6) is 0. The van der Waals surface area contributed by atoms with Gasteiger partial charge < -0.3 is 5.32 Å². The highest BCUT2D eigenvalue weighted by Crippen LogP contribution is 2.31. The van der Waals surface area contributed by atoms with Gasteiger partial charge >= 0.3 is 0 Å². The van der Waals surface area contributed by atoms with Gasteiger partial charge in [-0.2, -0.15) is 0 Å². The quantitative estimate of drug-likeness (QED) is 0.724. The number of hydrogen-bond acceptors (Lipinski definition) is 4. The predicted octanol–water partition coefficient (Wildman–Crippen LogP) is 4.85. The zero-order valence-electron chi connectivity index (χ0n) is 9.02. The van der Waals surface area contributed by atoms with Gasteiger partial charge in [0.05, 0.1) is 20.4 Å². The zero-order chi connectivity index (χ0) is 12.5. The normalized spacial score (nSPS) is 10.8. The van der Waals surface area contributed by atoms with Crippen molar-refractivity contribution in [3.05, 3.63) is 46.2 Å². The number of rotatable bonds is 2. The van der Waals surface area contributed by atoms with Crippen molar-refractivity contribution in [3.8, 4) is 0 Å². The summed E-state index contributed by atoms with van der Waals surface area (Å²) in [7, 11) is 0. The maximum absolute atomic E-state index is 5.96. The fourth-order valence-electron chi connectivity index (χ4n) is 1.54. The van der Waals surface area contributed by atoms with Crippen LogP contribution in [0.4, 0.5) is 10.8 Å². The van der Waals surface area contributed by atoms with Crippen molar-refractivity contribution in [3.63, 3.8) is 0 Å². The van der Waals surface area contributed by atoms with E-state index < -0.39 is 0 Å². The third-order valence-electron chi connectivity index (χ3n) is 2.36. The molecule has 0 unspecified atom stereocenters. The summed E-state index contributed by atoms with van der Waals surface area (Å²) in [4.78, 5) is 8.52. The minimum Gasteiger partial charge on any atom is -0.330 e. The molecule has 6 heteroatoms. The summed E-state index contributed by atoms with van der Waals surface area (Å²) in [6, 6.07) is 7.57. The second kappa shape index (κ2) is 4.84. The summed E-state index contributed by atoms with van der Waals surface area (Å²) in [6.45, 7) is 0. The van der Waals surface area contributed by atoms with E-state index >= 15 is 0 Å². The van der Waals surface area contributed by atoms with Crippen LogP contribution >= 0.6 is 38.9 Å². The first kappa shape index (κ1) is 11.9. The highest BCUT2D eigenvalue weighted by molar-refractivity contribution is 9.10. The SMILES string of the molecule is Clc1ccc2nc(Nc3ccncc3Br)sc2c1. The van der Waals surface area contributed by atoms with Gasteiger partial charge in [0.1, 0.15) is 0 Å². The van der Waals surface area contributed by atoms with E-state index in [4.69, 9.17) is 11.6 Å². The van der Waals surface area contributed by atoms with Crippen molar-refractivity contribution in [1.82, 2.24) is 9.97 Å². The van der Waals surface area contributed by atoms with Crippen LogP contribution in [0.1, 0.15) is 0 Å². The van der Waals surface area contributed by atoms with Gasteiger partial charge in [-0.1, -0.05) is 22.9 Å². The third-order valence-corrected chi connectivity index (χ3v) is 4.17. The molecule has 1 N–H and O–H groups in total. The van der Waals surface area contributed by atoms with E-state index in [-0.39, 0.29) is 0 Å². The zero-order valence-corrected chi connectivity index (χ0v) is 12.2. The highest BCUT2D eigenvalue weighted by atomic mass is 79.9. The fourth-order valence-corrected chi connectivity index (χ4v) is 3.05. The van der Waals surface area contributed by atoms with Crippen LogP contribution in [-0.2, 0) is 0 Å². The molecule has 0 bridgehead atoms. The molecule has 2 aromatic heterocycles. The molecule has 0 radical (unpaired) electrons. The van der Waals surface area contributed by atoms with Gasteiger partial charge in [0.15, 0.2) is 5.13 Å². The first-order chi connectivity index (χ1) is 8.72. The molecule has 0 aliphatic rings. The smallest absolute Gasteiger partial charge is 0.188 e. The Morgan fingerprint density at radius 3 is 3.00 bits per heavy atom. The Labute approximate surface area is 121 Å². The first-order valence-corrected chi connectivity index (χ1v) is 7.14. The fraction of sp³-hybridized carbons (Fsp3) is 0. The summed E-state index contributed by atoms with van der Waals surface area (Å²) >= 11 is 11.0. The van der Waals surface area contributed by atoms with Gasteiger partial charge in [0.2, 0.25) is 0 Å². The van der Waals surface area contributed by atoms with E-state index in [2.05, 4.69) is 31.2 Å². The van der Waals surface area contributed by atoms with Crippen LogP contribution in [0.3, 0.4) is 0 Å². The number of aromatic nitrogens is 2. The van der Waals surface area contributed by atoms with Gasteiger partial charge in [-0.05, 0) is 40.2 Å². The maximum atomic E-state index is 5.96. The molecule has 0 atom stereocenters. The van der Waals surface area contributed by atoms with Crippen LogP contribution in [0.15, 0.2) is 41.1 Å². The van der Waals surface area contributed by atoms with E-state index in [1.165, 1.54) is 0 Å². The van der Waals surface area contributed by atoms with Crippen LogP contribution in [-0.4, -0.2) is 9.97 Å². The van der Waals surface area contributed by atoms with Gasteiger partial charge in [-0.25, -0.2) is 4.98 Å². The summed E-state index contributed by atoms with van der Waals surface area (Å²) < 4.78 is 1.97. The van der Waals surface area contributed by atoms with Crippen LogP contribution in [0, 0.1) is 0 Å². The van der Waals surface area contributed by atoms with E-state index in [0.29, 0.717) is 0 Å². The molecule has 0 saturated heterocycles. The van der Waals surface area contributed by atoms with Gasteiger partial charge in [-0.15, -0.1) is 0 Å². The predicted molar refractivity (Wildman–Crippen MR) is 79.8 cm³/mol. The maximum Gasteiger partial charge on any atom is 0.188 e. The van der Waals surface area contributed by atoms with Crippen molar-refractivity contribution in [2.45, 2.75) is 0 Å². The van der Waals surface area contributed by atoms with Gasteiger partial charge in [0.25, 0.3) is 0 Å². The largest absolute Gasteiger partial charge is 0.330 e. The summed E-state index contributed by atoms with van der Waals surface area (Å²) in [6.07, 6.45) is 3.48. The highest BCUT2D eigenvalue weighted by Gasteiger charge is 2.06. The lowest BCUT2D eigenvalue weighted by Crippen LogP contribution is -1.90. The Morgan fingerprint density at radius 2 is 2.17 bits per heavy atom. The van der Waals surface area contributed by atoms with Crippen molar-refractivity contribution >= 4 is 59.9 Å². The molecule has 3 aromatic rings. The van der Waals surface area contributed by atoms with Crippen LogP contribution in [0.2, 0.25) is 5.02 Å². The van der Waals surface area contributed by atoms with E-state index in [9.17, 15) is 0 Å². The van der Waals surface area contributed by atoms with Crippen molar-refractivity contribution in [2.75, 3.05) is 5.32 Å². The molecule has 0 aliphatic heterocycles. The molecule has 90 valence electrons. The topological polar surface area (TPSA) is 37.8 Å². The first-order valence-electron chi connectivity index (χ1n) is 5.15. The van der Waals surface area contributed by atoms with Gasteiger partial charge in [0, 0.05) is 17.4 Å². The molecule has 18 heavy (non-hydrogen) atoms. The average Bonchev–Trinajstić information content (AvgIpc) is 2.73. The Bertz CT molecular complexity index is 713. The molecular weight excluding hydrogens is 334 g/mol. The second-order valence-corrected chi connectivity index (χ2v) is 5.93. The molecule has 3 nitrogen and oxygen atoms in total. The molecular formula is C12H7BrClN3S. The molecule has 0 spiro atoms. The monoisotopic (exact) mass is 339 g/mol. The van der Waals surface area contributed by atoms with Crippen LogP contribution < -0.4 is 5.32 Å². The minimum atomic E-state index is 0.725. The lowest BCUT2D eigenvalue weighted by molar-refractivity contribution is 1.30. The molecule has 1 aromatic carbocycles. The Balaban J connectivity index is 1.98. The minimum absolute atomic E-state index is 0.725. The molecule has 2 heterocycles. The number of halogens is 2. The number of nitrogens with zero attached hydrogens (tertiary/aromatic N) is 2. The molecule has 0 amide bonds. The Hall–Kier alpha value is -1.17. The number of thiazole rings is 1. The van der Waals surface area contributed by atoms with Crippen LogP contribution in [0.5, 0.6) is 0 Å². The Morgan fingerprint density at radius 1 is 1.28 bits per heavy atom. The number of hydrogen-bond donors (Lipinski definition) is 1. The van der Waals surface area contributed by atoms with Crippen molar-refractivity contribution < 1.29 is 0 Å². The van der Waals surface area contributed by atoms with E-state index in [0.717, 1.165) is 30.5 Å². The van der Waals surface area contributed by atoms with Gasteiger partial charge in [-0.3, -0.25) is 4.98 Å². The Kier molecular flexibility index (Phi) is 3.20. The van der Waals surface area contributed by atoms with Crippen molar-refractivity contribution in [1.29, 1.82) is 0 Å². The van der Waals surface area contributed by atoms with Crippen LogP contribution in [0.25, 0.3) is 10.2 Å². The molecule has 0 fully saturated rings. The number of fused-ring (bicyclic) bond motifs is 1. The number of pyridine rings is 1. The average molecular weight is 341 g/mol. The standard InChI is InChI=1S/C12H7BrClN3S/c13-8-6-15-4-3-9(8)16-12-17-10-2-1-7(14)5-11(10)18-12/h1-6H,(H,15,16,17). The third kappa shape index (κ3) is 2.34. The lowest BCUT2D eigenvalue weighted by Gasteiger charge is -2.03. The molecule has 0 aliphatic carbocycles. The number of anilines is 2. The molecule has 0 saturated carbocycles. The van der Waals surface area contributed by atoms with E-state index in [1.807, 2.05) is 24.3 Å².